The molecule has 0 radical (unpaired) electrons. The van der Waals surface area contributed by atoms with Crippen molar-refractivity contribution >= 4 is 29.3 Å². The van der Waals surface area contributed by atoms with Gasteiger partial charge < -0.3 is 20.1 Å². The van der Waals surface area contributed by atoms with Gasteiger partial charge >= 0.3 is 6.03 Å². The number of benzene rings is 2. The first-order chi connectivity index (χ1) is 16.3. The van der Waals surface area contributed by atoms with Gasteiger partial charge in [-0.3, -0.25) is 19.3 Å². The number of fused-ring (bicyclic) bond motifs is 1. The number of ketones is 1. The maximum absolute atomic E-state index is 13.2. The van der Waals surface area contributed by atoms with Crippen molar-refractivity contribution < 1.29 is 28.7 Å². The first-order valence-electron chi connectivity index (χ1n) is 11.3. The van der Waals surface area contributed by atoms with Crippen LogP contribution in [0.4, 0.5) is 10.5 Å². The largest absolute Gasteiger partial charge is 0.490 e. The fraction of sp³-hybridized carbons (Fsp3) is 0.360. The Labute approximate surface area is 197 Å². The Morgan fingerprint density at radius 1 is 1.06 bits per heavy atom. The topological polar surface area (TPSA) is 114 Å². The molecule has 2 aromatic rings. The maximum Gasteiger partial charge on any atom is 0.325 e. The minimum Gasteiger partial charge on any atom is -0.490 e. The van der Waals surface area contributed by atoms with E-state index in [1.165, 1.54) is 0 Å². The molecule has 2 aliphatic heterocycles. The van der Waals surface area contributed by atoms with Crippen LogP contribution in [0.25, 0.3) is 0 Å². The van der Waals surface area contributed by atoms with Crippen LogP contribution >= 0.6 is 0 Å². The van der Waals surface area contributed by atoms with E-state index in [1.54, 1.807) is 49.4 Å². The molecule has 0 unspecified atom stereocenters. The normalized spacial score (nSPS) is 19.4. The lowest BCUT2D eigenvalue weighted by Gasteiger charge is -2.23. The second-order valence-electron chi connectivity index (χ2n) is 8.46. The zero-order valence-corrected chi connectivity index (χ0v) is 19.2. The van der Waals surface area contributed by atoms with E-state index in [2.05, 4.69) is 10.6 Å². The standard InChI is InChI=1S/C25H27N3O6/c1-3-5-22(30)26-18-9-6-16(7-10-18)19(29)15-28-23(31)25(2,27-24(28)32)17-8-11-20-21(14-17)34-13-4-12-33-20/h6-11,14H,3-5,12-13,15H2,1-2H3,(H,26,30)(H,27,32)/t25-/m0/s1. The summed E-state index contributed by atoms with van der Waals surface area (Å²) in [5.74, 6) is 0.0819. The van der Waals surface area contributed by atoms with Gasteiger partial charge in [0.15, 0.2) is 17.3 Å². The van der Waals surface area contributed by atoms with E-state index in [1.807, 2.05) is 6.92 Å². The molecule has 1 fully saturated rings. The Morgan fingerprint density at radius 3 is 2.47 bits per heavy atom. The predicted octanol–water partition coefficient (Wildman–Crippen LogP) is 3.24. The van der Waals surface area contributed by atoms with Crippen molar-refractivity contribution in [3.05, 3.63) is 53.6 Å². The summed E-state index contributed by atoms with van der Waals surface area (Å²) < 4.78 is 11.3. The smallest absolute Gasteiger partial charge is 0.325 e. The van der Waals surface area contributed by atoms with Crippen molar-refractivity contribution in [3.8, 4) is 11.5 Å². The number of nitrogens with one attached hydrogen (secondary N) is 2. The van der Waals surface area contributed by atoms with Crippen molar-refractivity contribution in [2.24, 2.45) is 0 Å². The molecule has 0 bridgehead atoms. The van der Waals surface area contributed by atoms with E-state index in [4.69, 9.17) is 9.47 Å². The lowest BCUT2D eigenvalue weighted by Crippen LogP contribution is -2.41. The molecule has 4 rings (SSSR count). The first-order valence-corrected chi connectivity index (χ1v) is 11.3. The summed E-state index contributed by atoms with van der Waals surface area (Å²) in [6.45, 7) is 4.16. The molecule has 2 heterocycles. The number of hydrogen-bond acceptors (Lipinski definition) is 6. The molecule has 178 valence electrons. The number of ether oxygens (including phenoxy) is 2. The van der Waals surface area contributed by atoms with Crippen molar-refractivity contribution in [2.75, 3.05) is 25.1 Å². The number of Topliss-reactive ketones (excluding diaryl/α,β-unsaturated/α-hetero) is 1. The molecule has 1 saturated heterocycles. The molecular formula is C25H27N3O6. The lowest BCUT2D eigenvalue weighted by molar-refractivity contribution is -0.130. The highest BCUT2D eigenvalue weighted by atomic mass is 16.5. The van der Waals surface area contributed by atoms with Gasteiger partial charge in [-0.25, -0.2) is 4.79 Å². The lowest BCUT2D eigenvalue weighted by atomic mass is 9.91. The van der Waals surface area contributed by atoms with Crippen LogP contribution in [-0.4, -0.2) is 48.3 Å². The van der Waals surface area contributed by atoms with Gasteiger partial charge in [-0.05, 0) is 55.3 Å². The van der Waals surface area contributed by atoms with E-state index in [9.17, 15) is 19.2 Å². The van der Waals surface area contributed by atoms with E-state index >= 15 is 0 Å². The number of imide groups is 1. The molecule has 2 N–H and O–H groups in total. The van der Waals surface area contributed by atoms with Crippen LogP contribution < -0.4 is 20.1 Å². The molecule has 9 heteroatoms. The van der Waals surface area contributed by atoms with Crippen LogP contribution in [0.3, 0.4) is 0 Å². The fourth-order valence-electron chi connectivity index (χ4n) is 3.94. The summed E-state index contributed by atoms with van der Waals surface area (Å²) in [5, 5.41) is 5.46. The quantitative estimate of drug-likeness (QED) is 0.479. The van der Waals surface area contributed by atoms with Gasteiger partial charge in [-0.15, -0.1) is 0 Å². The van der Waals surface area contributed by atoms with Crippen molar-refractivity contribution in [1.82, 2.24) is 10.2 Å². The monoisotopic (exact) mass is 465 g/mol. The van der Waals surface area contributed by atoms with E-state index < -0.39 is 29.8 Å². The Kier molecular flexibility index (Phi) is 6.54. The van der Waals surface area contributed by atoms with Crippen LogP contribution in [0.1, 0.15) is 49.0 Å². The Balaban J connectivity index is 1.47. The van der Waals surface area contributed by atoms with Gasteiger partial charge in [0.05, 0.1) is 19.8 Å². The average Bonchev–Trinajstić information content (AvgIpc) is 2.98. The van der Waals surface area contributed by atoms with Gasteiger partial charge in [-0.2, -0.15) is 0 Å². The number of hydrogen-bond donors (Lipinski definition) is 2. The maximum atomic E-state index is 13.2. The van der Waals surface area contributed by atoms with Crippen LogP contribution in [0.15, 0.2) is 42.5 Å². The summed E-state index contributed by atoms with van der Waals surface area (Å²) in [7, 11) is 0. The van der Waals surface area contributed by atoms with Crippen molar-refractivity contribution in [1.29, 1.82) is 0 Å². The molecule has 2 aromatic carbocycles. The number of urea groups is 1. The van der Waals surface area contributed by atoms with E-state index in [0.717, 1.165) is 17.7 Å². The summed E-state index contributed by atoms with van der Waals surface area (Å²) in [5.41, 5.74) is 0.109. The highest BCUT2D eigenvalue weighted by Gasteiger charge is 2.49. The molecule has 1 atom stereocenters. The van der Waals surface area contributed by atoms with Crippen LogP contribution in [0, 0.1) is 0 Å². The molecule has 0 saturated carbocycles. The minimum atomic E-state index is -1.34. The Bertz CT molecular complexity index is 1130. The van der Waals surface area contributed by atoms with Gasteiger partial charge in [0.2, 0.25) is 5.91 Å². The highest BCUT2D eigenvalue weighted by Crippen LogP contribution is 2.36. The third kappa shape index (κ3) is 4.59. The third-order valence-electron chi connectivity index (χ3n) is 5.87. The zero-order valence-electron chi connectivity index (χ0n) is 19.2. The van der Waals surface area contributed by atoms with E-state index in [-0.39, 0.29) is 5.91 Å². The zero-order chi connectivity index (χ0) is 24.3. The summed E-state index contributed by atoms with van der Waals surface area (Å²) in [6, 6.07) is 10.8. The molecule has 0 aromatic heterocycles. The van der Waals surface area contributed by atoms with E-state index in [0.29, 0.717) is 47.9 Å². The van der Waals surface area contributed by atoms with Crippen LogP contribution in [0.2, 0.25) is 0 Å². The van der Waals surface area contributed by atoms with Gasteiger partial charge in [-0.1, -0.05) is 13.0 Å². The fourth-order valence-corrected chi connectivity index (χ4v) is 3.94. The summed E-state index contributed by atoms with van der Waals surface area (Å²) in [4.78, 5) is 51.4. The third-order valence-corrected chi connectivity index (χ3v) is 5.87. The predicted molar refractivity (Wildman–Crippen MR) is 124 cm³/mol. The number of anilines is 1. The number of carbonyl (C=O) groups is 4. The first kappa shape index (κ1) is 23.3. The molecular weight excluding hydrogens is 438 g/mol. The molecule has 0 aliphatic carbocycles. The number of carbonyl (C=O) groups excluding carboxylic acids is 4. The Hall–Kier alpha value is -3.88. The second kappa shape index (κ2) is 9.54. The summed E-state index contributed by atoms with van der Waals surface area (Å²) in [6.07, 6.45) is 1.90. The molecule has 0 spiro atoms. The van der Waals surface area contributed by atoms with Crippen molar-refractivity contribution in [3.63, 3.8) is 0 Å². The second-order valence-corrected chi connectivity index (χ2v) is 8.46. The van der Waals surface area contributed by atoms with Gasteiger partial charge in [0.25, 0.3) is 5.91 Å². The van der Waals surface area contributed by atoms with Gasteiger partial charge in [0, 0.05) is 24.1 Å². The minimum absolute atomic E-state index is 0.102. The summed E-state index contributed by atoms with van der Waals surface area (Å²) >= 11 is 0. The molecule has 2 aliphatic rings. The van der Waals surface area contributed by atoms with Crippen LogP contribution in [-0.2, 0) is 15.1 Å². The average molecular weight is 466 g/mol. The highest BCUT2D eigenvalue weighted by molar-refractivity contribution is 6.11. The van der Waals surface area contributed by atoms with Crippen molar-refractivity contribution in [2.45, 2.75) is 38.6 Å². The number of amides is 4. The van der Waals surface area contributed by atoms with Gasteiger partial charge in [0.1, 0.15) is 5.54 Å². The molecule has 4 amide bonds. The molecule has 9 nitrogen and oxygen atoms in total. The SMILES string of the molecule is CCCC(=O)Nc1ccc(C(=O)CN2C(=O)N[C@@](C)(c3ccc4c(c3)OCCCO4)C2=O)cc1. The number of nitrogens with zero attached hydrogens (tertiary/aromatic N) is 1. The Morgan fingerprint density at radius 2 is 1.76 bits per heavy atom. The number of rotatable bonds is 7. The van der Waals surface area contributed by atoms with Crippen LogP contribution in [0.5, 0.6) is 11.5 Å². The molecule has 34 heavy (non-hydrogen) atoms.